The lowest BCUT2D eigenvalue weighted by atomic mass is 9.92. The predicted molar refractivity (Wildman–Crippen MR) is 130 cm³/mol. The van der Waals surface area contributed by atoms with Gasteiger partial charge in [0.2, 0.25) is 5.91 Å². The monoisotopic (exact) mass is 500 g/mol. The topological polar surface area (TPSA) is 108 Å². The van der Waals surface area contributed by atoms with Crippen LogP contribution < -0.4 is 10.6 Å². The van der Waals surface area contributed by atoms with Gasteiger partial charge in [-0.25, -0.2) is 9.59 Å². The Morgan fingerprint density at radius 3 is 2.51 bits per heavy atom. The largest absolute Gasteiger partial charge is 0.465 e. The van der Waals surface area contributed by atoms with Crippen LogP contribution in [0.25, 0.3) is 0 Å². The fourth-order valence-corrected chi connectivity index (χ4v) is 5.04. The van der Waals surface area contributed by atoms with Gasteiger partial charge < -0.3 is 25.2 Å². The number of nitrogens with one attached hydrogen (secondary N) is 2. The molecule has 2 N–H and O–H groups in total. The highest BCUT2D eigenvalue weighted by Crippen LogP contribution is 2.25. The Bertz CT molecular complexity index is 1060. The van der Waals surface area contributed by atoms with Gasteiger partial charge in [-0.2, -0.15) is 0 Å². The summed E-state index contributed by atoms with van der Waals surface area (Å²) in [5.74, 6) is -1.01. The summed E-state index contributed by atoms with van der Waals surface area (Å²) in [4.78, 5) is 53.4. The summed E-state index contributed by atoms with van der Waals surface area (Å²) in [6.07, 6.45) is 10.4. The fourth-order valence-electron chi connectivity index (χ4n) is 4.80. The average molecular weight is 501 g/mol. The average Bonchev–Trinajstić information content (AvgIpc) is 3.04. The number of piperidine rings is 1. The van der Waals surface area contributed by atoms with Gasteiger partial charge in [0.05, 0.1) is 25.3 Å². The molecule has 1 aromatic carbocycles. The molecular formula is C25H29ClN4O5. The zero-order valence-electron chi connectivity index (χ0n) is 19.5. The molecule has 1 aromatic rings. The van der Waals surface area contributed by atoms with Crippen molar-refractivity contribution in [1.82, 2.24) is 20.4 Å². The van der Waals surface area contributed by atoms with E-state index in [-0.39, 0.29) is 46.7 Å². The Morgan fingerprint density at radius 1 is 1.06 bits per heavy atom. The molecule has 4 rings (SSSR count). The van der Waals surface area contributed by atoms with Gasteiger partial charge in [-0.15, -0.1) is 0 Å². The van der Waals surface area contributed by atoms with E-state index in [4.69, 9.17) is 11.6 Å². The molecule has 3 aliphatic rings. The molecule has 1 aliphatic carbocycles. The Balaban J connectivity index is 1.27. The van der Waals surface area contributed by atoms with Gasteiger partial charge in [-0.05, 0) is 37.5 Å². The van der Waals surface area contributed by atoms with Crippen LogP contribution in [0.4, 0.5) is 4.79 Å². The number of nitrogens with zero attached hydrogens (tertiary/aromatic N) is 2. The third-order valence-corrected chi connectivity index (χ3v) is 6.96. The number of rotatable bonds is 5. The lowest BCUT2D eigenvalue weighted by Crippen LogP contribution is -2.52. The van der Waals surface area contributed by atoms with E-state index in [0.29, 0.717) is 38.4 Å². The minimum absolute atomic E-state index is 0.0333. The molecule has 2 heterocycles. The summed E-state index contributed by atoms with van der Waals surface area (Å²) in [6, 6.07) is 4.26. The van der Waals surface area contributed by atoms with Crippen LogP contribution in [0.15, 0.2) is 42.5 Å². The van der Waals surface area contributed by atoms with Crippen LogP contribution in [0, 0.1) is 5.92 Å². The molecule has 4 amide bonds. The molecule has 2 unspecified atom stereocenters. The van der Waals surface area contributed by atoms with E-state index < -0.39 is 11.9 Å². The molecule has 0 spiro atoms. The maximum Gasteiger partial charge on any atom is 0.337 e. The van der Waals surface area contributed by atoms with Crippen molar-refractivity contribution < 1.29 is 23.9 Å². The molecule has 0 saturated carbocycles. The maximum atomic E-state index is 12.8. The first-order valence-corrected chi connectivity index (χ1v) is 12.1. The predicted octanol–water partition coefficient (Wildman–Crippen LogP) is 2.37. The Labute approximate surface area is 209 Å². The highest BCUT2D eigenvalue weighted by atomic mass is 35.5. The van der Waals surface area contributed by atoms with Crippen molar-refractivity contribution in [3.05, 3.63) is 58.7 Å². The van der Waals surface area contributed by atoms with E-state index in [1.165, 1.54) is 25.3 Å². The van der Waals surface area contributed by atoms with Crippen molar-refractivity contribution in [3.63, 3.8) is 0 Å². The molecule has 9 nitrogen and oxygen atoms in total. The highest BCUT2D eigenvalue weighted by Gasteiger charge is 2.34. The van der Waals surface area contributed by atoms with E-state index >= 15 is 0 Å². The van der Waals surface area contributed by atoms with Crippen LogP contribution in [0.1, 0.15) is 40.0 Å². The van der Waals surface area contributed by atoms with Crippen molar-refractivity contribution in [2.75, 3.05) is 33.3 Å². The number of fused-ring (bicyclic) bond motifs is 1. The summed E-state index contributed by atoms with van der Waals surface area (Å²) in [5, 5.41) is 5.93. The smallest absolute Gasteiger partial charge is 0.337 e. The van der Waals surface area contributed by atoms with E-state index in [0.717, 1.165) is 6.42 Å². The van der Waals surface area contributed by atoms with Crippen LogP contribution in [0.5, 0.6) is 0 Å². The number of esters is 1. The van der Waals surface area contributed by atoms with Crippen LogP contribution >= 0.6 is 11.6 Å². The number of carbonyl (C=O) groups is 4. The molecule has 10 heteroatoms. The first-order valence-electron chi connectivity index (χ1n) is 11.7. The summed E-state index contributed by atoms with van der Waals surface area (Å²) < 4.78 is 4.67. The number of amides is 4. The second-order valence-electron chi connectivity index (χ2n) is 8.91. The fraction of sp³-hybridized carbons (Fsp3) is 0.440. The van der Waals surface area contributed by atoms with E-state index in [1.807, 2.05) is 23.1 Å². The van der Waals surface area contributed by atoms with Crippen LogP contribution in [-0.4, -0.2) is 79.0 Å². The van der Waals surface area contributed by atoms with Gasteiger partial charge in [-0.1, -0.05) is 35.9 Å². The minimum Gasteiger partial charge on any atom is -0.465 e. The number of halogens is 1. The van der Waals surface area contributed by atoms with Crippen LogP contribution in [0.3, 0.4) is 0 Å². The number of allylic oxidation sites excluding steroid dienone is 2. The molecular weight excluding hydrogens is 472 g/mol. The van der Waals surface area contributed by atoms with E-state index in [1.54, 1.807) is 4.90 Å². The molecule has 35 heavy (non-hydrogen) atoms. The quantitative estimate of drug-likeness (QED) is 0.603. The molecule has 2 fully saturated rings. The lowest BCUT2D eigenvalue weighted by Gasteiger charge is -2.38. The van der Waals surface area contributed by atoms with Gasteiger partial charge in [-0.3, -0.25) is 9.59 Å². The van der Waals surface area contributed by atoms with Crippen molar-refractivity contribution >= 4 is 35.4 Å². The zero-order chi connectivity index (χ0) is 24.9. The number of hydrogen-bond acceptors (Lipinski definition) is 5. The second-order valence-corrected chi connectivity index (χ2v) is 9.34. The molecule has 0 aromatic heterocycles. The number of likely N-dealkylation sites (tertiary alicyclic amines) is 1. The number of urea groups is 1. The lowest BCUT2D eigenvalue weighted by molar-refractivity contribution is -0.131. The molecule has 2 saturated heterocycles. The maximum absolute atomic E-state index is 12.8. The van der Waals surface area contributed by atoms with Gasteiger partial charge in [0.25, 0.3) is 5.91 Å². The summed E-state index contributed by atoms with van der Waals surface area (Å²) in [5.41, 5.74) is 0.323. The van der Waals surface area contributed by atoms with Crippen molar-refractivity contribution in [3.8, 4) is 0 Å². The number of carbonyl (C=O) groups excluding carboxylic acids is 4. The minimum atomic E-state index is -0.606. The Morgan fingerprint density at radius 2 is 1.77 bits per heavy atom. The van der Waals surface area contributed by atoms with Crippen LogP contribution in [0.2, 0.25) is 5.02 Å². The normalized spacial score (nSPS) is 22.2. The number of ether oxygens (including phenoxy) is 1. The molecule has 2 atom stereocenters. The van der Waals surface area contributed by atoms with Gasteiger partial charge in [0, 0.05) is 42.2 Å². The van der Waals surface area contributed by atoms with Crippen molar-refractivity contribution in [2.24, 2.45) is 5.92 Å². The molecule has 0 bridgehead atoms. The van der Waals surface area contributed by atoms with Crippen molar-refractivity contribution in [1.29, 1.82) is 0 Å². The van der Waals surface area contributed by atoms with E-state index in [9.17, 15) is 19.2 Å². The van der Waals surface area contributed by atoms with Gasteiger partial charge in [0.1, 0.15) is 0 Å². The van der Waals surface area contributed by atoms with Gasteiger partial charge >= 0.3 is 12.0 Å². The summed E-state index contributed by atoms with van der Waals surface area (Å²) in [6.45, 7) is 1.54. The Kier molecular flexibility index (Phi) is 7.75. The van der Waals surface area contributed by atoms with E-state index in [2.05, 4.69) is 21.4 Å². The first kappa shape index (κ1) is 24.8. The number of methoxy groups -OCH3 is 1. The number of benzene rings is 1. The Hall–Kier alpha value is -3.33. The van der Waals surface area contributed by atoms with Gasteiger partial charge in [0.15, 0.2) is 0 Å². The number of hydrogen-bond donors (Lipinski definition) is 2. The first-order chi connectivity index (χ1) is 16.9. The molecule has 2 aliphatic heterocycles. The molecule has 0 radical (unpaired) electrons. The summed E-state index contributed by atoms with van der Waals surface area (Å²) in [7, 11) is 1.24. The standard InChI is InChI=1S/C25H29ClN4O5/c1-35-24(33)18-12-17(13-19(26)14-18)23(32)27-15-22(31)29-9-7-20(8-10-29)30-11-6-16-4-2-3-5-21(16)28-25(30)34/h2-5,12-14,16,20-21H,6-11,15H2,1H3,(H,27,32)(H,28,34). The third kappa shape index (κ3) is 5.85. The SMILES string of the molecule is COC(=O)c1cc(Cl)cc(C(=O)NCC(=O)N2CCC(N3CCC4C=CC=CC4NC3=O)CC2)c1. The van der Waals surface area contributed by atoms with Crippen molar-refractivity contribution in [2.45, 2.75) is 31.3 Å². The zero-order valence-corrected chi connectivity index (χ0v) is 20.3. The van der Waals surface area contributed by atoms with Crippen LogP contribution in [-0.2, 0) is 9.53 Å². The third-order valence-electron chi connectivity index (χ3n) is 6.74. The highest BCUT2D eigenvalue weighted by molar-refractivity contribution is 6.31. The molecule has 186 valence electrons. The summed E-state index contributed by atoms with van der Waals surface area (Å²) >= 11 is 6.01. The second kappa shape index (κ2) is 10.9.